The minimum Gasteiger partial charge on any atom is -0.444 e. The summed E-state index contributed by atoms with van der Waals surface area (Å²) in [5.41, 5.74) is 1.47. The lowest BCUT2D eigenvalue weighted by atomic mass is 10.1. The van der Waals surface area contributed by atoms with Gasteiger partial charge in [0.2, 0.25) is 0 Å². The molecule has 0 fully saturated rings. The molecule has 0 unspecified atom stereocenters. The Labute approximate surface area is 194 Å². The van der Waals surface area contributed by atoms with E-state index in [1.165, 1.54) is 0 Å². The van der Waals surface area contributed by atoms with Crippen LogP contribution in [-0.2, 0) is 26.8 Å². The summed E-state index contributed by atoms with van der Waals surface area (Å²) in [4.78, 5) is 16.0. The van der Waals surface area contributed by atoms with Crippen molar-refractivity contribution in [3.8, 4) is 0 Å². The summed E-state index contributed by atoms with van der Waals surface area (Å²) >= 11 is 0. The Morgan fingerprint density at radius 2 is 1.69 bits per heavy atom. The monoisotopic (exact) mass is 457 g/mol. The predicted octanol–water partition coefficient (Wildman–Crippen LogP) is 5.85. The minimum absolute atomic E-state index is 0.332. The molecule has 0 heterocycles. The van der Waals surface area contributed by atoms with Crippen LogP contribution in [0.4, 0.5) is 4.79 Å². The van der Waals surface area contributed by atoms with Crippen LogP contribution in [0.2, 0.25) is 0 Å². The van der Waals surface area contributed by atoms with Crippen molar-refractivity contribution in [1.82, 2.24) is 4.90 Å². The maximum atomic E-state index is 13.1. The second kappa shape index (κ2) is 11.4. The minimum atomic E-state index is -1.36. The Morgan fingerprint density at radius 3 is 2.22 bits per heavy atom. The third kappa shape index (κ3) is 7.61. The lowest BCUT2D eigenvalue weighted by molar-refractivity contribution is -0.0148. The standard InChI is InChI=1S/C26H35NO4S/c1-19-13-15-23(16-14-19)32(29)20(2)17-24(30-7)21(3)27(25(28)31-26(4,5)6)18-22-11-9-8-10-12-22/h8-16,21,24H,2,17-18H2,1,3-7H3/t21-,24+,32+/m0/s1. The molecule has 32 heavy (non-hydrogen) atoms. The molecule has 3 atom stereocenters. The van der Waals surface area contributed by atoms with E-state index in [-0.39, 0.29) is 6.04 Å². The van der Waals surface area contributed by atoms with E-state index in [9.17, 15) is 9.00 Å². The highest BCUT2D eigenvalue weighted by Gasteiger charge is 2.32. The first-order valence-corrected chi connectivity index (χ1v) is 11.9. The molecule has 0 spiro atoms. The topological polar surface area (TPSA) is 55.8 Å². The molecule has 2 rings (SSSR count). The van der Waals surface area contributed by atoms with Gasteiger partial charge in [0.15, 0.2) is 0 Å². The third-order valence-corrected chi connectivity index (χ3v) is 6.47. The van der Waals surface area contributed by atoms with E-state index in [0.717, 1.165) is 11.1 Å². The van der Waals surface area contributed by atoms with Gasteiger partial charge in [-0.2, -0.15) is 0 Å². The van der Waals surface area contributed by atoms with Crippen molar-refractivity contribution in [2.24, 2.45) is 0 Å². The zero-order chi connectivity index (χ0) is 23.9. The average molecular weight is 458 g/mol. The number of methoxy groups -OCH3 is 1. The van der Waals surface area contributed by atoms with Crippen molar-refractivity contribution >= 4 is 16.9 Å². The smallest absolute Gasteiger partial charge is 0.410 e. The molecule has 0 radical (unpaired) electrons. The number of carbonyl (C=O) groups excluding carboxylic acids is 1. The second-order valence-corrected chi connectivity index (χ2v) is 10.5. The second-order valence-electron chi connectivity index (χ2n) is 8.93. The normalized spacial score (nSPS) is 14.3. The van der Waals surface area contributed by atoms with Crippen molar-refractivity contribution in [2.45, 2.75) is 70.2 Å². The average Bonchev–Trinajstić information content (AvgIpc) is 2.74. The molecule has 0 aromatic heterocycles. The zero-order valence-electron chi connectivity index (χ0n) is 20.0. The number of ether oxygens (including phenoxy) is 2. The summed E-state index contributed by atoms with van der Waals surface area (Å²) in [5, 5.41) is 0. The van der Waals surface area contributed by atoms with Gasteiger partial charge in [-0.15, -0.1) is 0 Å². The Hall–Kier alpha value is -2.44. The Bertz CT molecular complexity index is 919. The SMILES string of the molecule is C=C(C[C@@H](OC)[C@H](C)N(Cc1ccccc1)C(=O)OC(C)(C)C)[S@@](=O)c1ccc(C)cc1. The molecule has 0 N–H and O–H groups in total. The number of amides is 1. The molecule has 6 heteroatoms. The van der Waals surface area contributed by atoms with E-state index >= 15 is 0 Å². The highest BCUT2D eigenvalue weighted by molar-refractivity contribution is 7.89. The van der Waals surface area contributed by atoms with Crippen molar-refractivity contribution < 1.29 is 18.5 Å². The third-order valence-electron chi connectivity index (χ3n) is 5.08. The maximum Gasteiger partial charge on any atom is 0.410 e. The fourth-order valence-electron chi connectivity index (χ4n) is 3.26. The molecule has 2 aromatic rings. The predicted molar refractivity (Wildman–Crippen MR) is 130 cm³/mol. The molecular formula is C26H35NO4S. The summed E-state index contributed by atoms with van der Waals surface area (Å²) < 4.78 is 24.4. The lowest BCUT2D eigenvalue weighted by Gasteiger charge is -2.35. The molecule has 0 aliphatic carbocycles. The zero-order valence-corrected chi connectivity index (χ0v) is 20.8. The summed E-state index contributed by atoms with van der Waals surface area (Å²) in [7, 11) is 0.234. The van der Waals surface area contributed by atoms with E-state index in [0.29, 0.717) is 22.8 Å². The van der Waals surface area contributed by atoms with E-state index in [4.69, 9.17) is 9.47 Å². The number of carbonyl (C=O) groups is 1. The number of rotatable bonds is 9. The Kier molecular flexibility index (Phi) is 9.22. The van der Waals surface area contributed by atoms with Gasteiger partial charge >= 0.3 is 6.09 Å². The van der Waals surface area contributed by atoms with Gasteiger partial charge in [0.1, 0.15) is 5.60 Å². The molecule has 1 amide bonds. The number of nitrogens with zero attached hydrogens (tertiary/aromatic N) is 1. The summed E-state index contributed by atoms with van der Waals surface area (Å²) in [6, 6.07) is 17.0. The first-order chi connectivity index (χ1) is 15.0. The first kappa shape index (κ1) is 25.8. The van der Waals surface area contributed by atoms with Gasteiger partial charge in [-0.05, 0) is 52.3 Å². The molecule has 5 nitrogen and oxygen atoms in total. The molecule has 0 aliphatic rings. The van der Waals surface area contributed by atoms with Crippen molar-refractivity contribution in [3.05, 3.63) is 77.2 Å². The molecule has 0 aliphatic heterocycles. The fraction of sp³-hybridized carbons (Fsp3) is 0.423. The van der Waals surface area contributed by atoms with Crippen LogP contribution in [0.25, 0.3) is 0 Å². The van der Waals surface area contributed by atoms with E-state index in [2.05, 4.69) is 6.58 Å². The Morgan fingerprint density at radius 1 is 1.09 bits per heavy atom. The van der Waals surface area contributed by atoms with Crippen LogP contribution >= 0.6 is 0 Å². The van der Waals surface area contributed by atoms with Gasteiger partial charge in [0.25, 0.3) is 0 Å². The van der Waals surface area contributed by atoms with Gasteiger partial charge < -0.3 is 9.47 Å². The van der Waals surface area contributed by atoms with Crippen LogP contribution in [0.15, 0.2) is 71.0 Å². The van der Waals surface area contributed by atoms with Crippen LogP contribution < -0.4 is 0 Å². The van der Waals surface area contributed by atoms with Crippen molar-refractivity contribution in [1.29, 1.82) is 0 Å². The van der Waals surface area contributed by atoms with Crippen molar-refractivity contribution in [3.63, 3.8) is 0 Å². The van der Waals surface area contributed by atoms with Crippen LogP contribution in [0.3, 0.4) is 0 Å². The number of benzene rings is 2. The highest BCUT2D eigenvalue weighted by atomic mass is 32.2. The quantitative estimate of drug-likeness (QED) is 0.474. The van der Waals surface area contributed by atoms with Gasteiger partial charge in [-0.1, -0.05) is 54.6 Å². The molecular weight excluding hydrogens is 422 g/mol. The summed E-state index contributed by atoms with van der Waals surface area (Å²) in [6.07, 6.45) is -0.457. The molecule has 174 valence electrons. The Balaban J connectivity index is 2.21. The van der Waals surface area contributed by atoms with Gasteiger partial charge in [-0.3, -0.25) is 4.90 Å². The first-order valence-electron chi connectivity index (χ1n) is 10.7. The molecule has 2 aromatic carbocycles. The molecule has 0 saturated carbocycles. The number of aryl methyl sites for hydroxylation is 1. The molecule has 0 bridgehead atoms. The largest absolute Gasteiger partial charge is 0.444 e. The summed E-state index contributed by atoms with van der Waals surface area (Å²) in [6.45, 7) is 13.9. The van der Waals surface area contributed by atoms with Gasteiger partial charge in [-0.25, -0.2) is 9.00 Å². The van der Waals surface area contributed by atoms with Gasteiger partial charge in [0.05, 0.1) is 22.9 Å². The van der Waals surface area contributed by atoms with Crippen molar-refractivity contribution in [2.75, 3.05) is 7.11 Å². The number of hydrogen-bond acceptors (Lipinski definition) is 4. The van der Waals surface area contributed by atoms with Crippen LogP contribution in [0, 0.1) is 6.92 Å². The van der Waals surface area contributed by atoms with Crippen LogP contribution in [0.5, 0.6) is 0 Å². The van der Waals surface area contributed by atoms with E-state index in [1.54, 1.807) is 12.0 Å². The van der Waals surface area contributed by atoms with Crippen LogP contribution in [-0.4, -0.2) is 40.1 Å². The number of hydrogen-bond donors (Lipinski definition) is 0. The maximum absolute atomic E-state index is 13.1. The fourth-order valence-corrected chi connectivity index (χ4v) is 4.29. The van der Waals surface area contributed by atoms with Crippen LogP contribution in [0.1, 0.15) is 45.2 Å². The van der Waals surface area contributed by atoms with E-state index in [1.807, 2.05) is 89.2 Å². The summed E-state index contributed by atoms with van der Waals surface area (Å²) in [5.74, 6) is 0. The van der Waals surface area contributed by atoms with Gasteiger partial charge in [0, 0.05) is 29.9 Å². The highest BCUT2D eigenvalue weighted by Crippen LogP contribution is 2.24. The lowest BCUT2D eigenvalue weighted by Crippen LogP contribution is -2.47. The molecule has 0 saturated heterocycles. The van der Waals surface area contributed by atoms with E-state index < -0.39 is 28.6 Å².